The van der Waals surface area contributed by atoms with Crippen molar-refractivity contribution in [3.8, 4) is 0 Å². The molecule has 0 spiro atoms. The lowest BCUT2D eigenvalue weighted by Gasteiger charge is -2.13. The first kappa shape index (κ1) is 14.9. The number of rotatable bonds is 0. The Hall–Kier alpha value is -1.50. The van der Waals surface area contributed by atoms with Crippen molar-refractivity contribution < 1.29 is 0 Å². The van der Waals surface area contributed by atoms with Crippen LogP contribution in [0.2, 0.25) is 0 Å². The van der Waals surface area contributed by atoms with Crippen molar-refractivity contribution in [3.05, 3.63) is 70.8 Å². The number of hydrogen-bond donors (Lipinski definition) is 0. The molecular weight excluding hydrogens is 239 g/mol. The van der Waals surface area contributed by atoms with E-state index in [0.717, 1.165) is 0 Å². The highest BCUT2D eigenvalue weighted by Gasteiger charge is 2.07. The van der Waals surface area contributed by atoms with E-state index in [1.807, 2.05) is 0 Å². The van der Waals surface area contributed by atoms with Crippen molar-refractivity contribution in [2.45, 2.75) is 44.9 Å². The fraction of sp³-hybridized carbons (Fsp3) is 0.368. The Morgan fingerprint density at radius 2 is 0.750 bits per heavy atom. The van der Waals surface area contributed by atoms with Crippen LogP contribution in [0.3, 0.4) is 0 Å². The number of benzene rings is 2. The quantitative estimate of drug-likeness (QED) is 0.618. The second kappa shape index (κ2) is 7.33. The first-order chi connectivity index (χ1) is 9.43. The van der Waals surface area contributed by atoms with Crippen LogP contribution in [0.15, 0.2) is 48.5 Å². The van der Waals surface area contributed by atoms with E-state index in [2.05, 4.69) is 48.5 Å². The van der Waals surface area contributed by atoms with Gasteiger partial charge in [-0.2, -0.15) is 0 Å². The predicted octanol–water partition coefficient (Wildman–Crippen LogP) is 4.36. The zero-order chi connectivity index (χ0) is 12.9. The SMILES string of the molecule is [B].c1ccc2c(c1)CCC2.c1ccc2c(c1)CCCC2. The van der Waals surface area contributed by atoms with Crippen LogP contribution in [0.1, 0.15) is 41.5 Å². The van der Waals surface area contributed by atoms with Crippen LogP contribution in [-0.4, -0.2) is 8.41 Å². The van der Waals surface area contributed by atoms with Crippen LogP contribution in [-0.2, 0) is 25.7 Å². The van der Waals surface area contributed by atoms with E-state index < -0.39 is 0 Å². The van der Waals surface area contributed by atoms with Crippen LogP contribution in [0.5, 0.6) is 0 Å². The highest BCUT2D eigenvalue weighted by Crippen LogP contribution is 2.20. The summed E-state index contributed by atoms with van der Waals surface area (Å²) in [5.74, 6) is 0. The Labute approximate surface area is 124 Å². The molecule has 2 aliphatic rings. The van der Waals surface area contributed by atoms with Crippen LogP contribution in [0.4, 0.5) is 0 Å². The highest BCUT2D eigenvalue weighted by atomic mass is 14.1. The maximum Gasteiger partial charge on any atom is 0 e. The third-order valence-electron chi connectivity index (χ3n) is 4.27. The Balaban J connectivity index is 0.000000141. The van der Waals surface area contributed by atoms with Gasteiger partial charge in [0.05, 0.1) is 0 Å². The number of hydrogen-bond acceptors (Lipinski definition) is 0. The Bertz CT molecular complexity index is 497. The maximum atomic E-state index is 2.26. The van der Waals surface area contributed by atoms with Gasteiger partial charge in [0.15, 0.2) is 0 Å². The van der Waals surface area contributed by atoms with Crippen molar-refractivity contribution >= 4 is 8.41 Å². The van der Waals surface area contributed by atoms with Gasteiger partial charge < -0.3 is 0 Å². The predicted molar refractivity (Wildman–Crippen MR) is 87.3 cm³/mol. The molecule has 20 heavy (non-hydrogen) atoms. The third kappa shape index (κ3) is 3.53. The van der Waals surface area contributed by atoms with Crippen LogP contribution in [0, 0.1) is 0 Å². The smallest absolute Gasteiger partial charge is 0 e. The zero-order valence-electron chi connectivity index (χ0n) is 12.1. The molecule has 2 aliphatic carbocycles. The van der Waals surface area contributed by atoms with E-state index in [9.17, 15) is 0 Å². The van der Waals surface area contributed by atoms with Crippen molar-refractivity contribution in [2.24, 2.45) is 0 Å². The minimum atomic E-state index is 0. The average molecular weight is 261 g/mol. The van der Waals surface area contributed by atoms with Gasteiger partial charge in [0.1, 0.15) is 0 Å². The monoisotopic (exact) mass is 261 g/mol. The highest BCUT2D eigenvalue weighted by molar-refractivity contribution is 5.75. The summed E-state index contributed by atoms with van der Waals surface area (Å²) >= 11 is 0. The second-order valence-corrected chi connectivity index (χ2v) is 5.60. The molecule has 101 valence electrons. The van der Waals surface area contributed by atoms with E-state index >= 15 is 0 Å². The molecule has 0 aromatic heterocycles. The molecule has 0 nitrogen and oxygen atoms in total. The van der Waals surface area contributed by atoms with Crippen LogP contribution >= 0.6 is 0 Å². The fourth-order valence-electron chi connectivity index (χ4n) is 3.19. The lowest BCUT2D eigenvalue weighted by molar-refractivity contribution is 0.685. The molecule has 0 N–H and O–H groups in total. The summed E-state index contributed by atoms with van der Waals surface area (Å²) in [6.45, 7) is 0. The standard InChI is InChI=1S/C10H12.C9H10.B/c1-2-6-10-8-4-3-7-9(10)5-1;1-2-5-9-7-3-6-8(9)4-1;/h1-2,5-6H,3-4,7-8H2;1-2,4-5H,3,6-7H2;. The Morgan fingerprint density at radius 1 is 0.450 bits per heavy atom. The summed E-state index contributed by atoms with van der Waals surface area (Å²) < 4.78 is 0. The fourth-order valence-corrected chi connectivity index (χ4v) is 3.19. The lowest BCUT2D eigenvalue weighted by atomic mass is 9.92. The second-order valence-electron chi connectivity index (χ2n) is 5.60. The van der Waals surface area contributed by atoms with Crippen molar-refractivity contribution in [1.82, 2.24) is 0 Å². The normalized spacial score (nSPS) is 15.2. The van der Waals surface area contributed by atoms with Gasteiger partial charge in [0, 0.05) is 8.41 Å². The van der Waals surface area contributed by atoms with Gasteiger partial charge in [-0.05, 0) is 67.2 Å². The van der Waals surface area contributed by atoms with Crippen molar-refractivity contribution in [1.29, 1.82) is 0 Å². The lowest BCUT2D eigenvalue weighted by Crippen LogP contribution is -2.00. The van der Waals surface area contributed by atoms with E-state index in [4.69, 9.17) is 0 Å². The molecule has 0 aliphatic heterocycles. The summed E-state index contributed by atoms with van der Waals surface area (Å²) in [7, 11) is 0. The summed E-state index contributed by atoms with van der Waals surface area (Å²) in [4.78, 5) is 0. The number of fused-ring (bicyclic) bond motifs is 2. The van der Waals surface area contributed by atoms with Gasteiger partial charge in [-0.25, -0.2) is 0 Å². The minimum absolute atomic E-state index is 0. The Morgan fingerprint density at radius 3 is 1.10 bits per heavy atom. The molecule has 0 saturated carbocycles. The minimum Gasteiger partial charge on any atom is -0.0620 e. The summed E-state index contributed by atoms with van der Waals surface area (Å²) in [6.07, 6.45) is 9.34. The van der Waals surface area contributed by atoms with Gasteiger partial charge in [-0.1, -0.05) is 48.5 Å². The van der Waals surface area contributed by atoms with Gasteiger partial charge in [0.25, 0.3) is 0 Å². The topological polar surface area (TPSA) is 0 Å². The van der Waals surface area contributed by atoms with E-state index in [1.54, 1.807) is 22.3 Å². The Kier molecular flexibility index (Phi) is 5.46. The van der Waals surface area contributed by atoms with Crippen LogP contribution < -0.4 is 0 Å². The molecule has 0 heterocycles. The molecule has 0 saturated heterocycles. The van der Waals surface area contributed by atoms with E-state index in [1.165, 1.54) is 44.9 Å². The van der Waals surface area contributed by atoms with Crippen LogP contribution in [0.25, 0.3) is 0 Å². The van der Waals surface area contributed by atoms with Gasteiger partial charge in [-0.15, -0.1) is 0 Å². The third-order valence-corrected chi connectivity index (χ3v) is 4.27. The molecule has 0 bridgehead atoms. The molecule has 1 heteroatoms. The summed E-state index contributed by atoms with van der Waals surface area (Å²) in [6, 6.07) is 17.5. The van der Waals surface area contributed by atoms with Crippen molar-refractivity contribution in [2.75, 3.05) is 0 Å². The molecule has 4 rings (SSSR count). The first-order valence-corrected chi connectivity index (χ1v) is 7.57. The molecule has 2 aromatic rings. The van der Waals surface area contributed by atoms with E-state index in [-0.39, 0.29) is 8.41 Å². The molecule has 3 radical (unpaired) electrons. The average Bonchev–Trinajstić information content (AvgIpc) is 2.96. The first-order valence-electron chi connectivity index (χ1n) is 7.57. The molecule has 2 aromatic carbocycles. The van der Waals surface area contributed by atoms with E-state index in [0.29, 0.717) is 0 Å². The van der Waals surface area contributed by atoms with Gasteiger partial charge in [0.2, 0.25) is 0 Å². The molecule has 0 unspecified atom stereocenters. The summed E-state index contributed by atoms with van der Waals surface area (Å²) in [5.41, 5.74) is 6.29. The van der Waals surface area contributed by atoms with Crippen molar-refractivity contribution in [3.63, 3.8) is 0 Å². The van der Waals surface area contributed by atoms with Gasteiger partial charge in [-0.3, -0.25) is 0 Å². The number of aryl methyl sites for hydroxylation is 4. The molecule has 0 amide bonds. The zero-order valence-corrected chi connectivity index (χ0v) is 12.1. The largest absolute Gasteiger partial charge is 0.0620 e. The summed E-state index contributed by atoms with van der Waals surface area (Å²) in [5, 5.41) is 0. The molecular formula is C19H22B. The molecule has 0 atom stereocenters. The van der Waals surface area contributed by atoms with Gasteiger partial charge >= 0.3 is 0 Å². The maximum absolute atomic E-state index is 2.26. The molecule has 0 fully saturated rings.